The molecule has 0 unspecified atom stereocenters. The summed E-state index contributed by atoms with van der Waals surface area (Å²) in [5, 5.41) is 3.29. The molecule has 1 amide bonds. The Kier molecular flexibility index (Phi) is 5.02. The molecule has 4 bridgehead atoms. The van der Waals surface area contributed by atoms with Crippen molar-refractivity contribution in [1.82, 2.24) is 20.2 Å². The lowest BCUT2D eigenvalue weighted by Crippen LogP contribution is -2.49. The summed E-state index contributed by atoms with van der Waals surface area (Å²) < 4.78 is 0. The Labute approximate surface area is 184 Å². The minimum atomic E-state index is 0.00367. The van der Waals surface area contributed by atoms with Gasteiger partial charge in [0.05, 0.1) is 5.69 Å². The predicted octanol–water partition coefficient (Wildman–Crippen LogP) is 3.84. The standard InChI is InChI=1S/C26H32N4O/c31-26(27-13-23-20-9-18-8-19(11-20)12-21(23)10-18)25-22-6-7-30(15-24(22)28-16-29-25)14-17-4-2-1-3-5-17/h1-5,16,18-21,23H,6-15H2,(H,27,31). The fourth-order valence-electron chi connectivity index (χ4n) is 7.25. The van der Waals surface area contributed by atoms with Crippen molar-refractivity contribution < 1.29 is 4.79 Å². The molecule has 0 saturated heterocycles. The van der Waals surface area contributed by atoms with Crippen molar-refractivity contribution in [2.24, 2.45) is 29.6 Å². The van der Waals surface area contributed by atoms with Gasteiger partial charge < -0.3 is 5.32 Å². The molecule has 4 saturated carbocycles. The van der Waals surface area contributed by atoms with Gasteiger partial charge in [0.2, 0.25) is 0 Å². The fourth-order valence-corrected chi connectivity index (χ4v) is 7.25. The first kappa shape index (κ1) is 19.4. The topological polar surface area (TPSA) is 58.1 Å². The number of carbonyl (C=O) groups excluding carboxylic acids is 1. The zero-order valence-corrected chi connectivity index (χ0v) is 18.2. The number of nitrogens with one attached hydrogen (secondary N) is 1. The molecule has 2 aromatic rings. The lowest BCUT2D eigenvalue weighted by Gasteiger charge is -2.54. The summed E-state index contributed by atoms with van der Waals surface area (Å²) in [5.74, 6) is 4.30. The molecule has 162 valence electrons. The summed E-state index contributed by atoms with van der Waals surface area (Å²) in [6, 6.07) is 10.6. The number of aromatic nitrogens is 2. The molecular formula is C26H32N4O. The zero-order valence-electron chi connectivity index (χ0n) is 18.2. The van der Waals surface area contributed by atoms with Crippen LogP contribution in [0.5, 0.6) is 0 Å². The van der Waals surface area contributed by atoms with Crippen molar-refractivity contribution in [2.75, 3.05) is 13.1 Å². The van der Waals surface area contributed by atoms with Gasteiger partial charge >= 0.3 is 0 Å². The molecule has 2 heterocycles. The normalized spacial score (nSPS) is 31.4. The van der Waals surface area contributed by atoms with E-state index in [1.807, 2.05) is 0 Å². The SMILES string of the molecule is O=C(NCC1C2CC3CC(C2)CC1C3)c1ncnc2c1CCN(Cc1ccccc1)C2. The molecule has 0 spiro atoms. The lowest BCUT2D eigenvalue weighted by atomic mass is 9.52. The third kappa shape index (κ3) is 3.78. The van der Waals surface area contributed by atoms with Crippen molar-refractivity contribution in [3.8, 4) is 0 Å². The molecule has 4 aliphatic carbocycles. The number of fused-ring (bicyclic) bond motifs is 1. The molecular weight excluding hydrogens is 384 g/mol. The van der Waals surface area contributed by atoms with Gasteiger partial charge in [-0.3, -0.25) is 9.69 Å². The lowest BCUT2D eigenvalue weighted by molar-refractivity contribution is -0.0347. The first-order valence-electron chi connectivity index (χ1n) is 12.1. The number of carbonyl (C=O) groups is 1. The summed E-state index contributed by atoms with van der Waals surface area (Å²) in [6.45, 7) is 3.46. The number of rotatable bonds is 5. The average Bonchev–Trinajstić information content (AvgIpc) is 2.78. The maximum absolute atomic E-state index is 13.1. The highest BCUT2D eigenvalue weighted by molar-refractivity contribution is 5.93. The van der Waals surface area contributed by atoms with Gasteiger partial charge in [-0.15, -0.1) is 0 Å². The van der Waals surface area contributed by atoms with Gasteiger partial charge in [-0.05, 0) is 73.7 Å². The van der Waals surface area contributed by atoms with Crippen LogP contribution in [0.3, 0.4) is 0 Å². The van der Waals surface area contributed by atoms with Gasteiger partial charge in [0.25, 0.3) is 5.91 Å². The van der Waals surface area contributed by atoms with Crippen LogP contribution in [0.2, 0.25) is 0 Å². The van der Waals surface area contributed by atoms with E-state index in [1.165, 1.54) is 37.7 Å². The van der Waals surface area contributed by atoms with E-state index in [4.69, 9.17) is 0 Å². The van der Waals surface area contributed by atoms with E-state index in [0.717, 1.165) is 67.5 Å². The summed E-state index contributed by atoms with van der Waals surface area (Å²) in [4.78, 5) is 24.5. The van der Waals surface area contributed by atoms with Gasteiger partial charge in [-0.25, -0.2) is 9.97 Å². The van der Waals surface area contributed by atoms with Crippen LogP contribution in [0.4, 0.5) is 0 Å². The smallest absolute Gasteiger partial charge is 0.270 e. The van der Waals surface area contributed by atoms with Gasteiger partial charge in [0.1, 0.15) is 12.0 Å². The van der Waals surface area contributed by atoms with Gasteiger partial charge in [0.15, 0.2) is 0 Å². The van der Waals surface area contributed by atoms with E-state index in [2.05, 4.69) is 50.5 Å². The quantitative estimate of drug-likeness (QED) is 0.805. The Hall–Kier alpha value is -2.27. The number of amides is 1. The number of hydrogen-bond acceptors (Lipinski definition) is 4. The maximum atomic E-state index is 13.1. The van der Waals surface area contributed by atoms with Crippen molar-refractivity contribution in [3.63, 3.8) is 0 Å². The highest BCUT2D eigenvalue weighted by Gasteiger charge is 2.48. The number of nitrogens with zero attached hydrogens (tertiary/aromatic N) is 3. The van der Waals surface area contributed by atoms with Crippen LogP contribution in [0.25, 0.3) is 0 Å². The van der Waals surface area contributed by atoms with Crippen LogP contribution in [0.1, 0.15) is 59.4 Å². The van der Waals surface area contributed by atoms with Crippen LogP contribution >= 0.6 is 0 Å². The molecule has 1 aliphatic heterocycles. The monoisotopic (exact) mass is 416 g/mol. The molecule has 31 heavy (non-hydrogen) atoms. The fraction of sp³-hybridized carbons (Fsp3) is 0.577. The first-order chi connectivity index (χ1) is 15.2. The Morgan fingerprint density at radius 1 is 1.00 bits per heavy atom. The zero-order chi connectivity index (χ0) is 20.8. The molecule has 7 rings (SSSR count). The van der Waals surface area contributed by atoms with Crippen molar-refractivity contribution in [2.45, 2.75) is 51.6 Å². The molecule has 1 N–H and O–H groups in total. The summed E-state index contributed by atoms with van der Waals surface area (Å²) >= 11 is 0. The predicted molar refractivity (Wildman–Crippen MR) is 119 cm³/mol. The van der Waals surface area contributed by atoms with Gasteiger partial charge in [-0.1, -0.05) is 30.3 Å². The van der Waals surface area contributed by atoms with Crippen molar-refractivity contribution in [3.05, 3.63) is 59.2 Å². The highest BCUT2D eigenvalue weighted by Crippen LogP contribution is 2.56. The summed E-state index contributed by atoms with van der Waals surface area (Å²) in [7, 11) is 0. The highest BCUT2D eigenvalue weighted by atomic mass is 16.1. The molecule has 1 aromatic heterocycles. The van der Waals surface area contributed by atoms with E-state index in [0.29, 0.717) is 11.6 Å². The van der Waals surface area contributed by atoms with Crippen LogP contribution in [-0.4, -0.2) is 33.9 Å². The van der Waals surface area contributed by atoms with Crippen LogP contribution in [0.15, 0.2) is 36.7 Å². The summed E-state index contributed by atoms with van der Waals surface area (Å²) in [6.07, 6.45) is 9.47. The third-order valence-electron chi connectivity index (χ3n) is 8.47. The molecule has 0 radical (unpaired) electrons. The molecule has 5 aliphatic rings. The van der Waals surface area contributed by atoms with Crippen LogP contribution in [-0.2, 0) is 19.5 Å². The van der Waals surface area contributed by atoms with E-state index < -0.39 is 0 Å². The van der Waals surface area contributed by atoms with E-state index >= 15 is 0 Å². The Morgan fingerprint density at radius 3 is 2.48 bits per heavy atom. The first-order valence-corrected chi connectivity index (χ1v) is 12.1. The second kappa shape index (κ2) is 8.01. The molecule has 0 atom stereocenters. The van der Waals surface area contributed by atoms with E-state index in [1.54, 1.807) is 6.33 Å². The van der Waals surface area contributed by atoms with Gasteiger partial charge in [-0.2, -0.15) is 0 Å². The summed E-state index contributed by atoms with van der Waals surface area (Å²) in [5.41, 5.74) is 3.98. The third-order valence-corrected chi connectivity index (χ3v) is 8.47. The second-order valence-electron chi connectivity index (χ2n) is 10.4. The minimum absolute atomic E-state index is 0.00367. The number of hydrogen-bond donors (Lipinski definition) is 1. The van der Waals surface area contributed by atoms with E-state index in [9.17, 15) is 4.79 Å². The Bertz CT molecular complexity index is 931. The second-order valence-corrected chi connectivity index (χ2v) is 10.4. The molecule has 1 aromatic carbocycles. The van der Waals surface area contributed by atoms with Crippen molar-refractivity contribution >= 4 is 5.91 Å². The van der Waals surface area contributed by atoms with Crippen molar-refractivity contribution in [1.29, 1.82) is 0 Å². The molecule has 5 heteroatoms. The largest absolute Gasteiger partial charge is 0.350 e. The van der Waals surface area contributed by atoms with Gasteiger partial charge in [0, 0.05) is 31.7 Å². The maximum Gasteiger partial charge on any atom is 0.270 e. The number of benzene rings is 1. The Morgan fingerprint density at radius 2 is 1.74 bits per heavy atom. The Balaban J connectivity index is 1.11. The van der Waals surface area contributed by atoms with Crippen LogP contribution < -0.4 is 5.32 Å². The minimum Gasteiger partial charge on any atom is -0.350 e. The molecule has 4 fully saturated rings. The van der Waals surface area contributed by atoms with E-state index in [-0.39, 0.29) is 5.91 Å². The molecule has 5 nitrogen and oxygen atoms in total. The average molecular weight is 417 g/mol. The van der Waals surface area contributed by atoms with Crippen LogP contribution in [0, 0.1) is 29.6 Å².